The molecule has 0 bridgehead atoms. The molecule has 1 aromatic heterocycles. The maximum atomic E-state index is 12.3. The summed E-state index contributed by atoms with van der Waals surface area (Å²) in [5, 5.41) is 10.7. The van der Waals surface area contributed by atoms with E-state index < -0.39 is 0 Å². The van der Waals surface area contributed by atoms with Gasteiger partial charge in [0.05, 0.1) is 12.2 Å². The molecule has 0 fully saturated rings. The van der Waals surface area contributed by atoms with E-state index in [9.17, 15) is 4.79 Å². The topological polar surface area (TPSA) is 59.0 Å². The predicted molar refractivity (Wildman–Crippen MR) is 116 cm³/mol. The molecule has 0 unspecified atom stereocenters. The quantitative estimate of drug-likeness (QED) is 0.620. The molecule has 2 aromatic carbocycles. The average Bonchev–Trinajstić information content (AvgIpc) is 3.27. The summed E-state index contributed by atoms with van der Waals surface area (Å²) in [7, 11) is 0. The Hall–Kier alpha value is -3.34. The van der Waals surface area contributed by atoms with Crippen molar-refractivity contribution in [2.24, 2.45) is 0 Å². The number of amides is 2. The number of para-hydroxylation sites is 1. The zero-order chi connectivity index (χ0) is 20.2. The second-order valence-electron chi connectivity index (χ2n) is 7.53. The maximum Gasteiger partial charge on any atom is 0.319 e. The van der Waals surface area contributed by atoms with Crippen molar-refractivity contribution in [3.8, 4) is 0 Å². The van der Waals surface area contributed by atoms with Crippen molar-refractivity contribution in [2.75, 3.05) is 5.32 Å². The normalized spacial score (nSPS) is 18.0. The summed E-state index contributed by atoms with van der Waals surface area (Å²) < 4.78 is 2.08. The van der Waals surface area contributed by atoms with Crippen molar-refractivity contribution in [3.63, 3.8) is 0 Å². The van der Waals surface area contributed by atoms with Crippen LogP contribution in [0.25, 0.3) is 0 Å². The zero-order valence-electron chi connectivity index (χ0n) is 16.8. The van der Waals surface area contributed by atoms with Crippen LogP contribution in [-0.4, -0.2) is 21.9 Å². The van der Waals surface area contributed by atoms with E-state index in [2.05, 4.69) is 65.6 Å². The summed E-state index contributed by atoms with van der Waals surface area (Å²) in [5.41, 5.74) is 5.55. The summed E-state index contributed by atoms with van der Waals surface area (Å²) in [5.74, 6) is 0.265. The SMILES string of the molecule is Cc1nn(Cc2ccccc2)c(C)c1[C@H]1C=C[C@@H](NC(=O)Nc2ccccc2)C1. The van der Waals surface area contributed by atoms with Gasteiger partial charge in [-0.25, -0.2) is 4.79 Å². The predicted octanol–water partition coefficient (Wildman–Crippen LogP) is 4.78. The van der Waals surface area contributed by atoms with Gasteiger partial charge in [0, 0.05) is 28.9 Å². The molecule has 29 heavy (non-hydrogen) atoms. The van der Waals surface area contributed by atoms with E-state index >= 15 is 0 Å². The Morgan fingerprint density at radius 1 is 1.03 bits per heavy atom. The first kappa shape index (κ1) is 19.0. The Labute approximate surface area is 171 Å². The lowest BCUT2D eigenvalue weighted by Gasteiger charge is -2.15. The highest BCUT2D eigenvalue weighted by Gasteiger charge is 2.26. The number of allylic oxidation sites excluding steroid dienone is 1. The lowest BCUT2D eigenvalue weighted by molar-refractivity contribution is 0.250. The molecule has 0 radical (unpaired) electrons. The van der Waals surface area contributed by atoms with E-state index in [0.717, 1.165) is 24.3 Å². The molecule has 0 saturated carbocycles. The lowest BCUT2D eigenvalue weighted by Crippen LogP contribution is -2.36. The molecule has 5 nitrogen and oxygen atoms in total. The molecule has 1 aliphatic carbocycles. The number of hydrogen-bond donors (Lipinski definition) is 2. The largest absolute Gasteiger partial charge is 0.332 e. The number of nitrogens with zero attached hydrogens (tertiary/aromatic N) is 2. The van der Waals surface area contributed by atoms with Crippen LogP contribution in [0.1, 0.15) is 34.9 Å². The van der Waals surface area contributed by atoms with Crippen LogP contribution in [0, 0.1) is 13.8 Å². The van der Waals surface area contributed by atoms with E-state index in [1.165, 1.54) is 16.8 Å². The van der Waals surface area contributed by atoms with Crippen LogP contribution in [0.3, 0.4) is 0 Å². The molecule has 0 aliphatic heterocycles. The van der Waals surface area contributed by atoms with Gasteiger partial charge in [-0.1, -0.05) is 60.7 Å². The molecular weight excluding hydrogens is 360 g/mol. The Morgan fingerprint density at radius 2 is 1.72 bits per heavy atom. The number of aromatic nitrogens is 2. The third-order valence-electron chi connectivity index (χ3n) is 5.42. The van der Waals surface area contributed by atoms with Gasteiger partial charge in [0.2, 0.25) is 0 Å². The lowest BCUT2D eigenvalue weighted by atomic mass is 9.96. The Kier molecular flexibility index (Phi) is 5.47. The van der Waals surface area contributed by atoms with Gasteiger partial charge in [-0.15, -0.1) is 0 Å². The maximum absolute atomic E-state index is 12.3. The van der Waals surface area contributed by atoms with E-state index in [4.69, 9.17) is 5.10 Å². The van der Waals surface area contributed by atoms with Gasteiger partial charge in [-0.05, 0) is 38.0 Å². The van der Waals surface area contributed by atoms with Gasteiger partial charge >= 0.3 is 6.03 Å². The van der Waals surface area contributed by atoms with E-state index in [1.54, 1.807) is 0 Å². The third-order valence-corrected chi connectivity index (χ3v) is 5.42. The first-order chi connectivity index (χ1) is 14.1. The number of nitrogens with one attached hydrogen (secondary N) is 2. The summed E-state index contributed by atoms with van der Waals surface area (Å²) in [6.45, 7) is 4.97. The van der Waals surface area contributed by atoms with Crippen molar-refractivity contribution in [1.29, 1.82) is 0 Å². The molecule has 148 valence electrons. The first-order valence-corrected chi connectivity index (χ1v) is 9.99. The van der Waals surface area contributed by atoms with E-state index in [1.807, 2.05) is 36.4 Å². The number of aryl methyl sites for hydroxylation is 1. The number of carbonyl (C=O) groups excluding carboxylic acids is 1. The van der Waals surface area contributed by atoms with Crippen molar-refractivity contribution in [2.45, 2.75) is 38.8 Å². The van der Waals surface area contributed by atoms with Crippen molar-refractivity contribution in [3.05, 3.63) is 95.3 Å². The van der Waals surface area contributed by atoms with Gasteiger partial charge < -0.3 is 10.6 Å². The van der Waals surface area contributed by atoms with Crippen LogP contribution in [0.2, 0.25) is 0 Å². The van der Waals surface area contributed by atoms with Gasteiger partial charge in [0.15, 0.2) is 0 Å². The van der Waals surface area contributed by atoms with E-state index in [-0.39, 0.29) is 18.0 Å². The van der Waals surface area contributed by atoms with Crippen LogP contribution < -0.4 is 10.6 Å². The van der Waals surface area contributed by atoms with Crippen LogP contribution in [0.5, 0.6) is 0 Å². The summed E-state index contributed by atoms with van der Waals surface area (Å²) in [6.07, 6.45) is 5.13. The summed E-state index contributed by atoms with van der Waals surface area (Å²) in [4.78, 5) is 12.3. The number of rotatable bonds is 5. The number of benzene rings is 2. The second-order valence-corrected chi connectivity index (χ2v) is 7.53. The van der Waals surface area contributed by atoms with Gasteiger partial charge in [0.1, 0.15) is 0 Å². The third kappa shape index (κ3) is 4.40. The fourth-order valence-electron chi connectivity index (χ4n) is 4.03. The minimum atomic E-state index is -0.181. The fourth-order valence-corrected chi connectivity index (χ4v) is 4.03. The first-order valence-electron chi connectivity index (χ1n) is 9.99. The Balaban J connectivity index is 1.40. The molecule has 4 rings (SSSR count). The van der Waals surface area contributed by atoms with Crippen LogP contribution in [0.4, 0.5) is 10.5 Å². The smallest absolute Gasteiger partial charge is 0.319 e. The molecule has 0 spiro atoms. The highest BCUT2D eigenvalue weighted by Crippen LogP contribution is 2.33. The number of hydrogen-bond acceptors (Lipinski definition) is 2. The fraction of sp³-hybridized carbons (Fsp3) is 0.250. The highest BCUT2D eigenvalue weighted by atomic mass is 16.2. The Morgan fingerprint density at radius 3 is 2.45 bits per heavy atom. The van der Waals surface area contributed by atoms with E-state index in [0.29, 0.717) is 0 Å². The second kappa shape index (κ2) is 8.35. The molecule has 0 saturated heterocycles. The minimum Gasteiger partial charge on any atom is -0.332 e. The van der Waals surface area contributed by atoms with Gasteiger partial charge in [-0.2, -0.15) is 5.10 Å². The minimum absolute atomic E-state index is 0.0139. The average molecular weight is 386 g/mol. The molecule has 2 atom stereocenters. The standard InChI is InChI=1S/C24H26N4O/c1-17-23(18(2)28(27-17)16-19-9-5-3-6-10-19)20-13-14-22(15-20)26-24(29)25-21-11-7-4-8-12-21/h3-14,20,22H,15-16H2,1-2H3,(H2,25,26,29)/t20-,22+/m0/s1. The molecule has 3 aromatic rings. The van der Waals surface area contributed by atoms with Crippen LogP contribution >= 0.6 is 0 Å². The molecular formula is C24H26N4O. The number of urea groups is 1. The molecule has 1 heterocycles. The number of anilines is 1. The summed E-state index contributed by atoms with van der Waals surface area (Å²) in [6, 6.07) is 19.7. The van der Waals surface area contributed by atoms with Crippen molar-refractivity contribution < 1.29 is 4.79 Å². The highest BCUT2D eigenvalue weighted by molar-refractivity contribution is 5.89. The van der Waals surface area contributed by atoms with Gasteiger partial charge in [-0.3, -0.25) is 4.68 Å². The van der Waals surface area contributed by atoms with Crippen molar-refractivity contribution >= 4 is 11.7 Å². The monoisotopic (exact) mass is 386 g/mol. The van der Waals surface area contributed by atoms with Crippen LogP contribution in [-0.2, 0) is 6.54 Å². The van der Waals surface area contributed by atoms with Crippen molar-refractivity contribution in [1.82, 2.24) is 15.1 Å². The molecule has 1 aliphatic rings. The Bertz CT molecular complexity index is 1010. The zero-order valence-corrected chi connectivity index (χ0v) is 16.8. The summed E-state index contributed by atoms with van der Waals surface area (Å²) >= 11 is 0. The molecule has 2 amide bonds. The number of carbonyl (C=O) groups is 1. The van der Waals surface area contributed by atoms with Gasteiger partial charge in [0.25, 0.3) is 0 Å². The molecule has 2 N–H and O–H groups in total. The van der Waals surface area contributed by atoms with Crippen LogP contribution in [0.15, 0.2) is 72.8 Å². The molecule has 5 heteroatoms.